The molecule has 5 nitrogen and oxygen atoms in total. The molecule has 0 aliphatic carbocycles. The number of nitrogens with zero attached hydrogens (tertiary/aromatic N) is 4. The Hall–Kier alpha value is -3.08. The van der Waals surface area contributed by atoms with E-state index >= 15 is 0 Å². The summed E-state index contributed by atoms with van der Waals surface area (Å²) in [4.78, 5) is 21.8. The fraction of sp³-hybridized carbons (Fsp3) is 0.304. The van der Waals surface area contributed by atoms with Crippen molar-refractivity contribution in [2.75, 3.05) is 31.1 Å². The summed E-state index contributed by atoms with van der Waals surface area (Å²) in [6.07, 6.45) is 3.90. The molecule has 0 bridgehead atoms. The molecule has 144 valence electrons. The molecule has 1 saturated heterocycles. The molecule has 0 radical (unpaired) electrons. The van der Waals surface area contributed by atoms with Crippen LogP contribution in [-0.4, -0.2) is 46.5 Å². The second kappa shape index (κ2) is 7.89. The lowest BCUT2D eigenvalue weighted by Crippen LogP contribution is -2.49. The van der Waals surface area contributed by atoms with Crippen LogP contribution in [0.5, 0.6) is 0 Å². The molecular formula is C23H26N4O. The average Bonchev–Trinajstić information content (AvgIpc) is 3.19. The topological polar surface area (TPSA) is 41.4 Å². The van der Waals surface area contributed by atoms with Crippen LogP contribution in [0, 0.1) is 6.92 Å². The molecule has 3 aromatic rings. The first-order valence-electron chi connectivity index (χ1n) is 9.88. The maximum atomic E-state index is 13.2. The number of amides is 1. The van der Waals surface area contributed by atoms with Crippen molar-refractivity contribution in [3.05, 3.63) is 72.2 Å². The van der Waals surface area contributed by atoms with E-state index in [1.165, 1.54) is 5.56 Å². The van der Waals surface area contributed by atoms with Crippen molar-refractivity contribution in [1.82, 2.24) is 14.5 Å². The summed E-state index contributed by atoms with van der Waals surface area (Å²) in [6.45, 7) is 7.98. The molecular weight excluding hydrogens is 348 g/mol. The second-order valence-electron chi connectivity index (χ2n) is 7.23. The van der Waals surface area contributed by atoms with Gasteiger partial charge in [0.2, 0.25) is 0 Å². The Morgan fingerprint density at radius 3 is 2.39 bits per heavy atom. The van der Waals surface area contributed by atoms with Gasteiger partial charge in [0.25, 0.3) is 5.91 Å². The van der Waals surface area contributed by atoms with Crippen molar-refractivity contribution in [2.45, 2.75) is 20.4 Å². The maximum absolute atomic E-state index is 13.2. The van der Waals surface area contributed by atoms with E-state index in [2.05, 4.69) is 58.8 Å². The predicted octanol–water partition coefficient (Wildman–Crippen LogP) is 3.84. The van der Waals surface area contributed by atoms with E-state index in [0.29, 0.717) is 13.1 Å². The number of aryl methyl sites for hydroxylation is 2. The Bertz CT molecular complexity index is 938. The molecule has 2 aromatic heterocycles. The van der Waals surface area contributed by atoms with Crippen molar-refractivity contribution in [1.29, 1.82) is 0 Å². The van der Waals surface area contributed by atoms with E-state index in [1.54, 1.807) is 0 Å². The van der Waals surface area contributed by atoms with E-state index in [1.807, 2.05) is 35.4 Å². The summed E-state index contributed by atoms with van der Waals surface area (Å²) >= 11 is 0. The first kappa shape index (κ1) is 18.3. The summed E-state index contributed by atoms with van der Waals surface area (Å²) in [6, 6.07) is 16.4. The van der Waals surface area contributed by atoms with Gasteiger partial charge in [-0.1, -0.05) is 35.9 Å². The molecule has 1 aliphatic heterocycles. The monoisotopic (exact) mass is 374 g/mol. The molecule has 0 spiro atoms. The third-order valence-corrected chi connectivity index (χ3v) is 5.38. The van der Waals surface area contributed by atoms with Crippen LogP contribution in [0.25, 0.3) is 11.1 Å². The van der Waals surface area contributed by atoms with E-state index in [4.69, 9.17) is 0 Å². The highest BCUT2D eigenvalue weighted by Gasteiger charge is 2.25. The number of hydrogen-bond acceptors (Lipinski definition) is 3. The summed E-state index contributed by atoms with van der Waals surface area (Å²) in [5, 5.41) is 0. The van der Waals surface area contributed by atoms with Crippen molar-refractivity contribution < 1.29 is 4.79 Å². The number of aromatic nitrogens is 2. The van der Waals surface area contributed by atoms with Crippen LogP contribution < -0.4 is 4.90 Å². The average molecular weight is 374 g/mol. The standard InChI is InChI=1S/C23H26N4O/c1-3-25-17-20(19-9-7-18(2)8-10-19)16-21(25)23(28)27-14-12-26(13-15-27)22-6-4-5-11-24-22/h4-11,16-17H,3,12-15H2,1-2H3. The Kier molecular flexibility index (Phi) is 5.15. The van der Waals surface area contributed by atoms with Gasteiger partial charge in [0.15, 0.2) is 0 Å². The second-order valence-corrected chi connectivity index (χ2v) is 7.23. The number of hydrogen-bond donors (Lipinski definition) is 0. The molecule has 1 aromatic carbocycles. The Labute approximate surface area is 166 Å². The highest BCUT2D eigenvalue weighted by atomic mass is 16.2. The summed E-state index contributed by atoms with van der Waals surface area (Å²) in [5.41, 5.74) is 4.24. The Morgan fingerprint density at radius 2 is 1.75 bits per heavy atom. The third-order valence-electron chi connectivity index (χ3n) is 5.38. The molecule has 0 saturated carbocycles. The first-order valence-corrected chi connectivity index (χ1v) is 9.88. The summed E-state index contributed by atoms with van der Waals surface area (Å²) in [7, 11) is 0. The van der Waals surface area contributed by atoms with Gasteiger partial charge in [0, 0.05) is 50.7 Å². The minimum atomic E-state index is 0.112. The number of rotatable bonds is 4. The van der Waals surface area contributed by atoms with Crippen LogP contribution in [0.4, 0.5) is 5.82 Å². The third kappa shape index (κ3) is 3.65. The van der Waals surface area contributed by atoms with Crippen molar-refractivity contribution >= 4 is 11.7 Å². The molecule has 0 unspecified atom stereocenters. The van der Waals surface area contributed by atoms with Crippen LogP contribution >= 0.6 is 0 Å². The minimum Gasteiger partial charge on any atom is -0.353 e. The van der Waals surface area contributed by atoms with E-state index in [9.17, 15) is 4.79 Å². The molecule has 1 aliphatic rings. The van der Waals surface area contributed by atoms with E-state index in [0.717, 1.165) is 42.3 Å². The number of benzene rings is 1. The molecule has 3 heterocycles. The lowest BCUT2D eigenvalue weighted by molar-refractivity contribution is 0.0736. The Morgan fingerprint density at radius 1 is 1.00 bits per heavy atom. The number of pyridine rings is 1. The maximum Gasteiger partial charge on any atom is 0.270 e. The number of carbonyl (C=O) groups excluding carboxylic acids is 1. The van der Waals surface area contributed by atoms with Gasteiger partial charge in [-0.15, -0.1) is 0 Å². The fourth-order valence-electron chi connectivity index (χ4n) is 3.70. The van der Waals surface area contributed by atoms with Gasteiger partial charge in [0.1, 0.15) is 11.5 Å². The smallest absolute Gasteiger partial charge is 0.270 e. The van der Waals surface area contributed by atoms with Crippen molar-refractivity contribution in [3.8, 4) is 11.1 Å². The Balaban J connectivity index is 1.50. The number of carbonyl (C=O) groups is 1. The molecule has 1 fully saturated rings. The van der Waals surface area contributed by atoms with Crippen LogP contribution in [-0.2, 0) is 6.54 Å². The van der Waals surface area contributed by atoms with E-state index < -0.39 is 0 Å². The lowest BCUT2D eigenvalue weighted by Gasteiger charge is -2.35. The number of piperazine rings is 1. The SMILES string of the molecule is CCn1cc(-c2ccc(C)cc2)cc1C(=O)N1CCN(c2ccccn2)CC1. The summed E-state index contributed by atoms with van der Waals surface area (Å²) in [5.74, 6) is 1.09. The van der Waals surface area contributed by atoms with Crippen LogP contribution in [0.15, 0.2) is 60.9 Å². The highest BCUT2D eigenvalue weighted by Crippen LogP contribution is 2.24. The largest absolute Gasteiger partial charge is 0.353 e. The van der Waals surface area contributed by atoms with Crippen molar-refractivity contribution in [3.63, 3.8) is 0 Å². The molecule has 0 N–H and O–H groups in total. The first-order chi connectivity index (χ1) is 13.7. The number of anilines is 1. The molecule has 1 amide bonds. The van der Waals surface area contributed by atoms with Gasteiger partial charge in [-0.2, -0.15) is 0 Å². The van der Waals surface area contributed by atoms with Gasteiger partial charge in [-0.3, -0.25) is 4.79 Å². The van der Waals surface area contributed by atoms with Gasteiger partial charge in [0.05, 0.1) is 0 Å². The van der Waals surface area contributed by atoms with Crippen LogP contribution in [0.1, 0.15) is 23.0 Å². The van der Waals surface area contributed by atoms with Crippen LogP contribution in [0.2, 0.25) is 0 Å². The highest BCUT2D eigenvalue weighted by molar-refractivity contribution is 5.94. The predicted molar refractivity (Wildman–Crippen MR) is 113 cm³/mol. The van der Waals surface area contributed by atoms with Gasteiger partial charge in [-0.05, 0) is 37.6 Å². The molecule has 28 heavy (non-hydrogen) atoms. The normalized spacial score (nSPS) is 14.4. The zero-order chi connectivity index (χ0) is 19.5. The van der Waals surface area contributed by atoms with Gasteiger partial charge in [-0.25, -0.2) is 4.98 Å². The zero-order valence-corrected chi connectivity index (χ0v) is 16.5. The quantitative estimate of drug-likeness (QED) is 0.697. The molecule has 5 heteroatoms. The zero-order valence-electron chi connectivity index (χ0n) is 16.5. The minimum absolute atomic E-state index is 0.112. The van der Waals surface area contributed by atoms with Crippen LogP contribution in [0.3, 0.4) is 0 Å². The summed E-state index contributed by atoms with van der Waals surface area (Å²) < 4.78 is 2.06. The van der Waals surface area contributed by atoms with E-state index in [-0.39, 0.29) is 5.91 Å². The molecule has 4 rings (SSSR count). The fourth-order valence-corrected chi connectivity index (χ4v) is 3.70. The molecule has 0 atom stereocenters. The lowest BCUT2D eigenvalue weighted by atomic mass is 10.1. The van der Waals surface area contributed by atoms with Crippen molar-refractivity contribution in [2.24, 2.45) is 0 Å². The van der Waals surface area contributed by atoms with Gasteiger partial charge >= 0.3 is 0 Å². The van der Waals surface area contributed by atoms with Gasteiger partial charge < -0.3 is 14.4 Å².